The number of hydrogen-bond donors (Lipinski definition) is 2. The van der Waals surface area contributed by atoms with E-state index >= 15 is 0 Å². The minimum absolute atomic E-state index is 0.319. The van der Waals surface area contributed by atoms with E-state index in [1.807, 2.05) is 6.07 Å². The van der Waals surface area contributed by atoms with Crippen LogP contribution in [0.15, 0.2) is 22.7 Å². The molecule has 0 radical (unpaired) electrons. The number of halogens is 1. The second-order valence-electron chi connectivity index (χ2n) is 6.43. The highest BCUT2D eigenvalue weighted by Crippen LogP contribution is 2.51. The molecule has 2 heterocycles. The zero-order valence-electron chi connectivity index (χ0n) is 12.5. The fourth-order valence-corrected chi connectivity index (χ4v) is 4.44. The van der Waals surface area contributed by atoms with Crippen LogP contribution < -0.4 is 10.5 Å². The molecule has 3 atom stereocenters. The van der Waals surface area contributed by atoms with Gasteiger partial charge in [0.1, 0.15) is 17.4 Å². The molecule has 2 unspecified atom stereocenters. The van der Waals surface area contributed by atoms with Crippen LogP contribution in [0.5, 0.6) is 5.75 Å². The molecule has 3 N–H and O–H groups in total. The minimum atomic E-state index is -1.47. The Hall–Kier alpha value is -1.15. The van der Waals surface area contributed by atoms with Gasteiger partial charge in [0.05, 0.1) is 13.2 Å². The summed E-state index contributed by atoms with van der Waals surface area (Å²) in [7, 11) is 0. The van der Waals surface area contributed by atoms with Gasteiger partial charge in [-0.05, 0) is 24.6 Å². The van der Waals surface area contributed by atoms with Crippen LogP contribution in [0, 0.1) is 5.92 Å². The van der Waals surface area contributed by atoms with Crippen molar-refractivity contribution in [2.24, 2.45) is 11.7 Å². The van der Waals surface area contributed by atoms with E-state index in [2.05, 4.69) is 15.9 Å². The summed E-state index contributed by atoms with van der Waals surface area (Å²) < 4.78 is 18.4. The standard InChI is InChI=1S/C16H18BrNO5/c17-9-1-2-12-11(7-9)16(18,14(19)20)10-3-4-15(8-13(10)23-12)21-5-6-22-15/h1-2,7,10,13H,3-6,8,18H2,(H,19,20)/t10-,13?,16?/m0/s1. The Morgan fingerprint density at radius 1 is 1.35 bits per heavy atom. The lowest BCUT2D eigenvalue weighted by molar-refractivity contribution is -0.212. The van der Waals surface area contributed by atoms with Crippen LogP contribution in [0.4, 0.5) is 0 Å². The number of rotatable bonds is 1. The van der Waals surface area contributed by atoms with Crippen LogP contribution in [0.3, 0.4) is 0 Å². The largest absolute Gasteiger partial charge is 0.489 e. The van der Waals surface area contributed by atoms with Gasteiger partial charge in [-0.2, -0.15) is 0 Å². The second kappa shape index (κ2) is 5.17. The van der Waals surface area contributed by atoms with Gasteiger partial charge in [0.2, 0.25) is 0 Å². The maximum atomic E-state index is 12.1. The quantitative estimate of drug-likeness (QED) is 0.770. The summed E-state index contributed by atoms with van der Waals surface area (Å²) in [5, 5.41) is 9.87. The summed E-state index contributed by atoms with van der Waals surface area (Å²) >= 11 is 3.38. The highest BCUT2D eigenvalue weighted by molar-refractivity contribution is 9.10. The Kier molecular flexibility index (Phi) is 3.46. The van der Waals surface area contributed by atoms with Crippen molar-refractivity contribution in [2.75, 3.05) is 13.2 Å². The molecule has 2 aliphatic heterocycles. The number of benzene rings is 1. The summed E-state index contributed by atoms with van der Waals surface area (Å²) in [4.78, 5) is 12.1. The zero-order chi connectivity index (χ0) is 16.2. The van der Waals surface area contributed by atoms with Crippen molar-refractivity contribution in [3.63, 3.8) is 0 Å². The second-order valence-corrected chi connectivity index (χ2v) is 7.34. The van der Waals surface area contributed by atoms with Gasteiger partial charge in [-0.1, -0.05) is 15.9 Å². The van der Waals surface area contributed by atoms with Crippen molar-refractivity contribution in [3.05, 3.63) is 28.2 Å². The molecule has 1 aliphatic carbocycles. The van der Waals surface area contributed by atoms with Gasteiger partial charge in [0.25, 0.3) is 0 Å². The minimum Gasteiger partial charge on any atom is -0.489 e. The lowest BCUT2D eigenvalue weighted by Gasteiger charge is -2.49. The predicted octanol–water partition coefficient (Wildman–Crippen LogP) is 1.99. The fraction of sp³-hybridized carbons (Fsp3) is 0.562. The molecule has 23 heavy (non-hydrogen) atoms. The summed E-state index contributed by atoms with van der Waals surface area (Å²) in [6.07, 6.45) is 1.38. The molecule has 124 valence electrons. The van der Waals surface area contributed by atoms with E-state index in [1.165, 1.54) is 0 Å². The van der Waals surface area contributed by atoms with Crippen LogP contribution in [0.1, 0.15) is 24.8 Å². The van der Waals surface area contributed by atoms with E-state index < -0.39 is 17.3 Å². The van der Waals surface area contributed by atoms with Crippen LogP contribution in [-0.2, 0) is 19.8 Å². The number of carboxylic acids is 1. The van der Waals surface area contributed by atoms with Gasteiger partial charge in [0.15, 0.2) is 5.79 Å². The van der Waals surface area contributed by atoms with E-state index in [4.69, 9.17) is 19.9 Å². The third kappa shape index (κ3) is 2.21. The number of ether oxygens (including phenoxy) is 3. The summed E-state index contributed by atoms with van der Waals surface area (Å²) in [5.74, 6) is -1.47. The van der Waals surface area contributed by atoms with Crippen molar-refractivity contribution in [3.8, 4) is 5.75 Å². The molecule has 2 fully saturated rings. The van der Waals surface area contributed by atoms with E-state index in [-0.39, 0.29) is 12.0 Å². The maximum Gasteiger partial charge on any atom is 0.328 e. The van der Waals surface area contributed by atoms with Gasteiger partial charge in [-0.25, -0.2) is 4.79 Å². The molecule has 1 aromatic rings. The third-order valence-corrected chi connectivity index (χ3v) is 5.71. The molecular formula is C16H18BrNO5. The maximum absolute atomic E-state index is 12.1. The van der Waals surface area contributed by atoms with Crippen molar-refractivity contribution in [1.29, 1.82) is 0 Å². The average Bonchev–Trinajstić information content (AvgIpc) is 2.96. The fourth-order valence-electron chi connectivity index (χ4n) is 4.08. The van der Waals surface area contributed by atoms with Gasteiger partial charge >= 0.3 is 5.97 Å². The van der Waals surface area contributed by atoms with Gasteiger partial charge in [0, 0.05) is 28.8 Å². The van der Waals surface area contributed by atoms with Gasteiger partial charge in [-0.3, -0.25) is 0 Å². The summed E-state index contributed by atoms with van der Waals surface area (Å²) in [5.41, 5.74) is 5.49. The van der Waals surface area contributed by atoms with Crippen LogP contribution >= 0.6 is 15.9 Å². The Bertz CT molecular complexity index is 660. The molecule has 1 saturated carbocycles. The molecule has 7 heteroatoms. The van der Waals surface area contributed by atoms with Crippen LogP contribution in [0.2, 0.25) is 0 Å². The number of hydrogen-bond acceptors (Lipinski definition) is 5. The van der Waals surface area contributed by atoms with E-state index in [1.54, 1.807) is 12.1 Å². The topological polar surface area (TPSA) is 91.0 Å². The SMILES string of the molecule is NC1(C(=O)O)c2cc(Br)ccc2OC2CC3(CC[C@@H]21)OCCO3. The molecule has 0 amide bonds. The molecule has 3 aliphatic rings. The molecule has 0 aromatic heterocycles. The van der Waals surface area contributed by atoms with Crippen LogP contribution in [-0.4, -0.2) is 36.2 Å². The van der Waals surface area contributed by atoms with E-state index in [0.717, 1.165) is 4.47 Å². The monoisotopic (exact) mass is 383 g/mol. The Balaban J connectivity index is 1.77. The first kappa shape index (κ1) is 15.4. The molecule has 1 spiro atoms. The Morgan fingerprint density at radius 3 is 2.78 bits per heavy atom. The molecule has 4 rings (SSSR count). The van der Waals surface area contributed by atoms with Crippen molar-refractivity contribution < 1.29 is 24.1 Å². The number of carbonyl (C=O) groups is 1. The normalized spacial score (nSPS) is 34.5. The first-order chi connectivity index (χ1) is 10.9. The van der Waals surface area contributed by atoms with E-state index in [0.29, 0.717) is 43.8 Å². The van der Waals surface area contributed by atoms with E-state index in [9.17, 15) is 9.90 Å². The van der Waals surface area contributed by atoms with Crippen molar-refractivity contribution in [1.82, 2.24) is 0 Å². The Labute approximate surface area is 142 Å². The van der Waals surface area contributed by atoms with Crippen molar-refractivity contribution in [2.45, 2.75) is 36.7 Å². The molecule has 1 aromatic carbocycles. The molecule has 6 nitrogen and oxygen atoms in total. The number of carboxylic acid groups (broad SMARTS) is 1. The predicted molar refractivity (Wildman–Crippen MR) is 84.0 cm³/mol. The van der Waals surface area contributed by atoms with Gasteiger partial charge in [-0.15, -0.1) is 0 Å². The lowest BCUT2D eigenvalue weighted by Crippen LogP contribution is -2.62. The lowest BCUT2D eigenvalue weighted by atomic mass is 9.67. The highest BCUT2D eigenvalue weighted by Gasteiger charge is 2.58. The zero-order valence-corrected chi connectivity index (χ0v) is 14.0. The van der Waals surface area contributed by atoms with Crippen molar-refractivity contribution >= 4 is 21.9 Å². The molecule has 0 bridgehead atoms. The van der Waals surface area contributed by atoms with Crippen LogP contribution in [0.25, 0.3) is 0 Å². The summed E-state index contributed by atoms with van der Waals surface area (Å²) in [6, 6.07) is 5.33. The Morgan fingerprint density at radius 2 is 2.09 bits per heavy atom. The first-order valence-corrected chi connectivity index (χ1v) is 8.51. The number of fused-ring (bicyclic) bond motifs is 2. The average molecular weight is 384 g/mol. The number of nitrogens with two attached hydrogens (primary N) is 1. The smallest absolute Gasteiger partial charge is 0.328 e. The summed E-state index contributed by atoms with van der Waals surface area (Å²) in [6.45, 7) is 1.13. The molecule has 1 saturated heterocycles. The number of aliphatic carboxylic acids is 1. The van der Waals surface area contributed by atoms with Gasteiger partial charge < -0.3 is 25.1 Å². The highest BCUT2D eigenvalue weighted by atomic mass is 79.9. The first-order valence-electron chi connectivity index (χ1n) is 7.71. The molecular weight excluding hydrogens is 366 g/mol. The third-order valence-electron chi connectivity index (χ3n) is 5.22.